The summed E-state index contributed by atoms with van der Waals surface area (Å²) in [4.78, 5) is 35.4. The van der Waals surface area contributed by atoms with E-state index in [1.54, 1.807) is 13.1 Å². The Kier molecular flexibility index (Phi) is 6.50. The molecule has 0 aromatic carbocycles. The number of β-lactam (4-membered cyclic amide) rings is 1. The summed E-state index contributed by atoms with van der Waals surface area (Å²) < 4.78 is 5.16. The summed E-state index contributed by atoms with van der Waals surface area (Å²) in [5.41, 5.74) is 2.01. The van der Waals surface area contributed by atoms with Gasteiger partial charge < -0.3 is 19.5 Å². The number of carbonyl (C=O) groups excluding carboxylic acids is 2. The van der Waals surface area contributed by atoms with E-state index in [4.69, 9.17) is 12.5 Å². The van der Waals surface area contributed by atoms with Crippen molar-refractivity contribution in [1.29, 1.82) is 0 Å². The minimum atomic E-state index is -0.772. The first-order valence-corrected chi connectivity index (χ1v) is 10.0. The van der Waals surface area contributed by atoms with Gasteiger partial charge in [0.15, 0.2) is 7.98 Å². The van der Waals surface area contributed by atoms with Crippen LogP contribution in [0.25, 0.3) is 0 Å². The van der Waals surface area contributed by atoms with Gasteiger partial charge >= 0.3 is 5.97 Å². The summed E-state index contributed by atoms with van der Waals surface area (Å²) in [6.45, 7) is 4.67. The van der Waals surface area contributed by atoms with Gasteiger partial charge in [0.05, 0.1) is 23.8 Å². The molecule has 0 bridgehead atoms. The lowest BCUT2D eigenvalue weighted by molar-refractivity contribution is -0.162. The number of nitrogens with one attached hydrogen (secondary N) is 1. The minimum Gasteiger partial charge on any atom is -0.428 e. The van der Waals surface area contributed by atoms with Gasteiger partial charge in [-0.25, -0.2) is 4.79 Å². The van der Waals surface area contributed by atoms with E-state index < -0.39 is 26.9 Å². The monoisotopic (exact) mass is 402 g/mol. The number of aliphatic hydroxyl groups is 1. The van der Waals surface area contributed by atoms with Crippen molar-refractivity contribution in [1.82, 2.24) is 19.8 Å². The summed E-state index contributed by atoms with van der Waals surface area (Å²) in [7, 11) is 6.74. The van der Waals surface area contributed by atoms with Gasteiger partial charge in [-0.2, -0.15) is 0 Å². The van der Waals surface area contributed by atoms with Gasteiger partial charge in [0.2, 0.25) is 5.91 Å². The number of hydrogen-bond donors (Lipinski definition) is 2. The lowest BCUT2D eigenvalue weighted by Gasteiger charge is -2.46. The third-order valence-electron chi connectivity index (χ3n) is 5.31. The molecule has 10 heteroatoms. The standard InChI is InChI=1S/C18H24BN4O4P/c1-10-13(9-22(3)8-12-6-4-5-7-20-12)16(18(26)27-28-21-19)23-15(10)14(11(2)24)17(23)25/h4-7,10-11,14-15,21,24,28H,8-9H2,1-3H3/t10-,11+,14+,15+/m0/s1. The minimum absolute atomic E-state index is 0.0693. The van der Waals surface area contributed by atoms with Crippen molar-refractivity contribution in [3.63, 3.8) is 0 Å². The van der Waals surface area contributed by atoms with E-state index >= 15 is 0 Å². The molecule has 2 N–H and O–H groups in total. The second kappa shape index (κ2) is 8.70. The normalized spacial score (nSPS) is 25.4. The number of carbonyl (C=O) groups is 2. The van der Waals surface area contributed by atoms with Gasteiger partial charge in [-0.3, -0.25) is 14.7 Å². The Morgan fingerprint density at radius 3 is 2.86 bits per heavy atom. The Hall–Kier alpha value is -1.80. The number of fused-ring (bicyclic) bond motifs is 1. The molecule has 0 aliphatic carbocycles. The van der Waals surface area contributed by atoms with Crippen LogP contribution >= 0.6 is 8.96 Å². The number of likely N-dealkylation sites (N-methyl/N-ethyl adjacent to an activating group) is 1. The molecule has 8 nitrogen and oxygen atoms in total. The molecule has 1 unspecified atom stereocenters. The lowest BCUT2D eigenvalue weighted by atomic mass is 9.77. The topological polar surface area (TPSA) is 95.0 Å². The number of amides is 1. The number of aromatic nitrogens is 1. The average Bonchev–Trinajstić information content (AvgIpc) is 2.89. The predicted molar refractivity (Wildman–Crippen MR) is 106 cm³/mol. The molecule has 3 heterocycles. The van der Waals surface area contributed by atoms with E-state index in [0.29, 0.717) is 13.1 Å². The fourth-order valence-electron chi connectivity index (χ4n) is 4.08. The van der Waals surface area contributed by atoms with Gasteiger partial charge in [0.25, 0.3) is 0 Å². The van der Waals surface area contributed by atoms with Crippen molar-refractivity contribution in [2.75, 3.05) is 13.6 Å². The first-order valence-electron chi connectivity index (χ1n) is 9.11. The summed E-state index contributed by atoms with van der Waals surface area (Å²) in [5.74, 6) is -1.40. The van der Waals surface area contributed by atoms with Crippen LogP contribution in [0.1, 0.15) is 19.5 Å². The third kappa shape index (κ3) is 3.85. The molecule has 148 valence electrons. The number of pyridine rings is 1. The zero-order chi connectivity index (χ0) is 20.4. The van der Waals surface area contributed by atoms with Crippen LogP contribution in [0.5, 0.6) is 0 Å². The van der Waals surface area contributed by atoms with Crippen molar-refractivity contribution in [3.05, 3.63) is 41.4 Å². The Bertz CT molecular complexity index is 776. The molecule has 2 aliphatic heterocycles. The van der Waals surface area contributed by atoms with Gasteiger partial charge in [0.1, 0.15) is 14.7 Å². The Balaban J connectivity index is 1.84. The van der Waals surface area contributed by atoms with Crippen molar-refractivity contribution >= 4 is 28.8 Å². The van der Waals surface area contributed by atoms with Gasteiger partial charge in [-0.05, 0) is 31.7 Å². The molecular formula is C18H24BN4O4P. The van der Waals surface area contributed by atoms with Crippen LogP contribution in [0.2, 0.25) is 0 Å². The van der Waals surface area contributed by atoms with Gasteiger partial charge in [0, 0.05) is 25.2 Å². The van der Waals surface area contributed by atoms with Crippen LogP contribution < -0.4 is 5.00 Å². The average molecular weight is 402 g/mol. The number of nitrogens with zero attached hydrogens (tertiary/aromatic N) is 3. The van der Waals surface area contributed by atoms with E-state index in [0.717, 1.165) is 11.3 Å². The molecule has 1 amide bonds. The fourth-order valence-corrected chi connectivity index (χ4v) is 4.33. The maximum Gasteiger partial charge on any atom is 0.358 e. The number of rotatable bonds is 8. The SMILES string of the molecule is [B]NPOC(=O)C1=C(CN(C)Cc2ccccn2)[C@H](C)[C@@H]2[C@@H]([C@@H](C)O)C(=O)N12. The third-order valence-corrected chi connectivity index (χ3v) is 5.72. The fraction of sp³-hybridized carbons (Fsp3) is 0.500. The van der Waals surface area contributed by atoms with Crippen molar-refractivity contribution in [2.45, 2.75) is 32.5 Å². The smallest absolute Gasteiger partial charge is 0.358 e. The van der Waals surface area contributed by atoms with Gasteiger partial charge in [-0.1, -0.05) is 13.0 Å². The Labute approximate surface area is 167 Å². The zero-order valence-corrected chi connectivity index (χ0v) is 17.1. The molecule has 3 rings (SSSR count). The number of hydrogen-bond acceptors (Lipinski definition) is 7. The van der Waals surface area contributed by atoms with Crippen molar-refractivity contribution < 1.29 is 19.2 Å². The summed E-state index contributed by atoms with van der Waals surface area (Å²) in [5, 5.41) is 10.0. The van der Waals surface area contributed by atoms with Crippen LogP contribution in [-0.2, 0) is 20.7 Å². The molecular weight excluding hydrogens is 378 g/mol. The maximum atomic E-state index is 12.7. The first-order chi connectivity index (χ1) is 13.4. The highest BCUT2D eigenvalue weighted by molar-refractivity contribution is 7.32. The van der Waals surface area contributed by atoms with Crippen LogP contribution in [-0.4, -0.2) is 65.5 Å². The molecule has 2 radical (unpaired) electrons. The highest BCUT2D eigenvalue weighted by Crippen LogP contribution is 2.47. The van der Waals surface area contributed by atoms with Crippen molar-refractivity contribution in [2.24, 2.45) is 11.8 Å². The lowest BCUT2D eigenvalue weighted by Crippen LogP contribution is -2.63. The maximum absolute atomic E-state index is 12.7. The van der Waals surface area contributed by atoms with E-state index in [2.05, 4.69) is 9.98 Å². The molecule has 1 aromatic heterocycles. The van der Waals surface area contributed by atoms with E-state index in [1.165, 1.54) is 4.90 Å². The van der Waals surface area contributed by atoms with Crippen molar-refractivity contribution in [3.8, 4) is 0 Å². The van der Waals surface area contributed by atoms with Crippen LogP contribution in [0.15, 0.2) is 35.7 Å². The molecule has 28 heavy (non-hydrogen) atoms. The van der Waals surface area contributed by atoms with Crippen LogP contribution in [0.4, 0.5) is 0 Å². The van der Waals surface area contributed by atoms with Crippen LogP contribution in [0.3, 0.4) is 0 Å². The molecule has 0 spiro atoms. The summed E-state index contributed by atoms with van der Waals surface area (Å²) in [6, 6.07) is 5.49. The van der Waals surface area contributed by atoms with E-state index in [-0.39, 0.29) is 23.6 Å². The molecule has 5 atom stereocenters. The van der Waals surface area contributed by atoms with E-state index in [1.807, 2.05) is 37.1 Å². The van der Waals surface area contributed by atoms with Gasteiger partial charge in [-0.15, -0.1) is 0 Å². The molecule has 2 aliphatic rings. The van der Waals surface area contributed by atoms with Crippen LogP contribution in [0, 0.1) is 11.8 Å². The Morgan fingerprint density at radius 1 is 1.50 bits per heavy atom. The molecule has 0 saturated carbocycles. The molecule has 1 saturated heterocycles. The predicted octanol–water partition coefficient (Wildman–Crippen LogP) is 0.350. The molecule has 1 aromatic rings. The summed E-state index contributed by atoms with van der Waals surface area (Å²) in [6.07, 6.45) is 0.966. The highest BCUT2D eigenvalue weighted by atomic mass is 31.1. The number of aliphatic hydroxyl groups excluding tert-OH is 1. The highest BCUT2D eigenvalue weighted by Gasteiger charge is 2.59. The van der Waals surface area contributed by atoms with E-state index in [9.17, 15) is 14.7 Å². The first kappa shape index (κ1) is 20.9. The quantitative estimate of drug-likeness (QED) is 0.368. The summed E-state index contributed by atoms with van der Waals surface area (Å²) >= 11 is 0. The second-order valence-corrected chi connectivity index (χ2v) is 7.95. The second-order valence-electron chi connectivity index (χ2n) is 7.26. The largest absolute Gasteiger partial charge is 0.428 e. The Morgan fingerprint density at radius 2 is 2.25 bits per heavy atom. The molecule has 1 fully saturated rings. The zero-order valence-electron chi connectivity index (χ0n) is 16.1.